The van der Waals surface area contributed by atoms with E-state index < -0.39 is 5.97 Å². The van der Waals surface area contributed by atoms with Crippen LogP contribution in [-0.2, 0) is 0 Å². The third-order valence-electron chi connectivity index (χ3n) is 1.25. The second kappa shape index (κ2) is 3.59. The first-order valence-electron chi connectivity index (χ1n) is 2.93. The van der Waals surface area contributed by atoms with E-state index >= 15 is 0 Å². The van der Waals surface area contributed by atoms with Crippen molar-refractivity contribution in [2.24, 2.45) is 0 Å². The maximum absolute atomic E-state index is 10.3. The first-order chi connectivity index (χ1) is 5.11. The molecule has 1 rings (SSSR count). The van der Waals surface area contributed by atoms with Gasteiger partial charge in [-0.25, -0.2) is 4.79 Å². The van der Waals surface area contributed by atoms with E-state index in [4.69, 9.17) is 15.9 Å². The second-order valence-corrected chi connectivity index (χ2v) is 2.08. The lowest BCUT2D eigenvalue weighted by Crippen LogP contribution is -1.97. The van der Waals surface area contributed by atoms with Gasteiger partial charge in [0.1, 0.15) is 11.3 Å². The minimum Gasteiger partial charge on any atom is -0.507 e. The van der Waals surface area contributed by atoms with Gasteiger partial charge in [-0.3, -0.25) is 0 Å². The van der Waals surface area contributed by atoms with Crippen LogP contribution in [0.25, 0.3) is 0 Å². The number of nitrogen functional groups attached to an aromatic ring is 1. The van der Waals surface area contributed by atoms with Crippen LogP contribution in [0.1, 0.15) is 10.4 Å². The molecule has 1 aromatic carbocycles. The van der Waals surface area contributed by atoms with Crippen molar-refractivity contribution in [3.8, 4) is 5.75 Å². The molecular weight excluding hydrogens is 160 g/mol. The maximum Gasteiger partial charge on any atom is 0.339 e. The lowest BCUT2D eigenvalue weighted by Gasteiger charge is -1.98. The number of carboxylic acids is 1. The molecule has 0 aliphatic rings. The van der Waals surface area contributed by atoms with E-state index in [0.29, 0.717) is 5.69 Å². The summed E-state index contributed by atoms with van der Waals surface area (Å²) in [6.45, 7) is 0. The Labute approximate surface area is 69.0 Å². The van der Waals surface area contributed by atoms with Crippen LogP contribution in [-0.4, -0.2) is 16.2 Å². The summed E-state index contributed by atoms with van der Waals surface area (Å²) >= 11 is 0. The quantitative estimate of drug-likeness (QED) is 0.472. The fourth-order valence-electron chi connectivity index (χ4n) is 0.730. The Morgan fingerprint density at radius 3 is 2.42 bits per heavy atom. The molecule has 12 heavy (non-hydrogen) atoms. The molecule has 0 saturated heterocycles. The van der Waals surface area contributed by atoms with Gasteiger partial charge in [0.25, 0.3) is 0 Å². The van der Waals surface area contributed by atoms with Gasteiger partial charge in [-0.15, -0.1) is 0 Å². The summed E-state index contributed by atoms with van der Waals surface area (Å²) in [6.07, 6.45) is 0. The molecule has 0 aliphatic heterocycles. The van der Waals surface area contributed by atoms with Gasteiger partial charge in [0.15, 0.2) is 0 Å². The zero-order valence-corrected chi connectivity index (χ0v) is 6.61. The number of carboxylic acid groups (broad SMARTS) is 1. The number of aromatic hydroxyl groups is 1. The van der Waals surface area contributed by atoms with Gasteiger partial charge in [-0.1, -0.05) is 0 Å². The molecule has 0 amide bonds. The number of phenols is 1. The number of aromatic carboxylic acids is 1. The highest BCUT2D eigenvalue weighted by Crippen LogP contribution is 2.19. The summed E-state index contributed by atoms with van der Waals surface area (Å²) in [5.41, 5.74) is 5.48. The van der Waals surface area contributed by atoms with E-state index in [1.807, 2.05) is 0 Å². The molecule has 0 heterocycles. The molecule has 5 heteroatoms. The zero-order valence-electron chi connectivity index (χ0n) is 6.61. The lowest BCUT2D eigenvalue weighted by atomic mass is 10.2. The molecular formula is C7H11N2O3+. The number of benzene rings is 1. The largest absolute Gasteiger partial charge is 0.507 e. The number of hydrogen-bond donors (Lipinski definition) is 4. The summed E-state index contributed by atoms with van der Waals surface area (Å²) in [4.78, 5) is 10.3. The standard InChI is InChI=1S/C7H7NO3.H3N/c8-4-1-2-5(7(10)11)6(9)3-4;/h1-3,9H,8H2,(H,10,11);1H3/p+1. The number of quaternary nitrogens is 1. The van der Waals surface area contributed by atoms with Gasteiger partial charge in [-0.05, 0) is 12.1 Å². The fourth-order valence-corrected chi connectivity index (χ4v) is 0.730. The van der Waals surface area contributed by atoms with Gasteiger partial charge in [0, 0.05) is 11.8 Å². The van der Waals surface area contributed by atoms with Gasteiger partial charge in [0.05, 0.1) is 0 Å². The van der Waals surface area contributed by atoms with Crippen molar-refractivity contribution >= 4 is 11.7 Å². The van der Waals surface area contributed by atoms with Crippen LogP contribution in [0.5, 0.6) is 5.75 Å². The Bertz CT molecular complexity index is 299. The van der Waals surface area contributed by atoms with Crippen LogP contribution in [0.4, 0.5) is 5.69 Å². The normalized spacial score (nSPS) is 8.67. The van der Waals surface area contributed by atoms with Crippen molar-refractivity contribution in [3.63, 3.8) is 0 Å². The Balaban J connectivity index is 0.00000121. The molecule has 0 aromatic heterocycles. The number of hydrogen-bond acceptors (Lipinski definition) is 3. The predicted molar refractivity (Wildman–Crippen MR) is 45.5 cm³/mol. The summed E-state index contributed by atoms with van der Waals surface area (Å²) in [5, 5.41) is 17.5. The molecule has 0 unspecified atom stereocenters. The van der Waals surface area contributed by atoms with Crippen LogP contribution >= 0.6 is 0 Å². The van der Waals surface area contributed by atoms with E-state index in [-0.39, 0.29) is 17.5 Å². The van der Waals surface area contributed by atoms with E-state index in [2.05, 4.69) is 0 Å². The van der Waals surface area contributed by atoms with E-state index in [1.165, 1.54) is 18.2 Å². The van der Waals surface area contributed by atoms with Gasteiger partial charge in [-0.2, -0.15) is 0 Å². The Hall–Kier alpha value is -1.75. The molecule has 8 N–H and O–H groups in total. The highest BCUT2D eigenvalue weighted by Gasteiger charge is 2.07. The minimum absolute atomic E-state index is 0. The van der Waals surface area contributed by atoms with Gasteiger partial charge >= 0.3 is 5.97 Å². The minimum atomic E-state index is -1.16. The molecule has 1 aromatic rings. The van der Waals surface area contributed by atoms with Gasteiger partial charge in [0.2, 0.25) is 0 Å². The predicted octanol–water partition coefficient (Wildman–Crippen LogP) is 1.05. The molecule has 0 bridgehead atoms. The van der Waals surface area contributed by atoms with Crippen molar-refractivity contribution in [1.29, 1.82) is 0 Å². The van der Waals surface area contributed by atoms with E-state index in [1.54, 1.807) is 0 Å². The van der Waals surface area contributed by atoms with Crippen LogP contribution < -0.4 is 11.9 Å². The third kappa shape index (κ3) is 1.86. The van der Waals surface area contributed by atoms with Crippen molar-refractivity contribution < 1.29 is 15.0 Å². The topological polar surface area (TPSA) is 120 Å². The van der Waals surface area contributed by atoms with Crippen LogP contribution in [0, 0.1) is 0 Å². The highest BCUT2D eigenvalue weighted by molar-refractivity contribution is 5.91. The van der Waals surface area contributed by atoms with Crippen LogP contribution in [0.15, 0.2) is 18.2 Å². The van der Waals surface area contributed by atoms with Crippen molar-refractivity contribution in [3.05, 3.63) is 23.8 Å². The Morgan fingerprint density at radius 1 is 1.42 bits per heavy atom. The Kier molecular flexibility index (Phi) is 3.06. The maximum atomic E-state index is 10.3. The number of rotatable bonds is 1. The average Bonchev–Trinajstić information content (AvgIpc) is 1.85. The molecule has 0 atom stereocenters. The lowest BCUT2D eigenvalue weighted by molar-refractivity contribution is 0.0694. The smallest absolute Gasteiger partial charge is 0.339 e. The molecule has 66 valence electrons. The first kappa shape index (κ1) is 10.2. The Morgan fingerprint density at radius 2 is 2.00 bits per heavy atom. The summed E-state index contributed by atoms with van der Waals surface area (Å²) in [6, 6.07) is 3.87. The van der Waals surface area contributed by atoms with Crippen molar-refractivity contribution in [1.82, 2.24) is 6.15 Å². The third-order valence-corrected chi connectivity index (χ3v) is 1.25. The molecule has 0 saturated carbocycles. The molecule has 5 nitrogen and oxygen atoms in total. The zero-order chi connectivity index (χ0) is 8.43. The van der Waals surface area contributed by atoms with Crippen LogP contribution in [0.3, 0.4) is 0 Å². The number of carbonyl (C=O) groups is 1. The van der Waals surface area contributed by atoms with E-state index in [9.17, 15) is 4.79 Å². The van der Waals surface area contributed by atoms with Gasteiger partial charge < -0.3 is 22.1 Å². The number of nitrogens with two attached hydrogens (primary N) is 1. The number of anilines is 1. The summed E-state index contributed by atoms with van der Waals surface area (Å²) in [5.74, 6) is -1.47. The van der Waals surface area contributed by atoms with E-state index in [0.717, 1.165) is 0 Å². The van der Waals surface area contributed by atoms with Crippen molar-refractivity contribution in [2.75, 3.05) is 5.73 Å². The monoisotopic (exact) mass is 171 g/mol. The fraction of sp³-hybridized carbons (Fsp3) is 0. The average molecular weight is 171 g/mol. The van der Waals surface area contributed by atoms with Crippen LogP contribution in [0.2, 0.25) is 0 Å². The molecule has 0 aliphatic carbocycles. The molecule has 0 fully saturated rings. The second-order valence-electron chi connectivity index (χ2n) is 2.08. The summed E-state index contributed by atoms with van der Waals surface area (Å²) < 4.78 is 0. The highest BCUT2D eigenvalue weighted by atomic mass is 16.4. The SMILES string of the molecule is Nc1ccc(C(=O)O)c(O)c1.[NH4+]. The first-order valence-corrected chi connectivity index (χ1v) is 2.93. The molecule has 0 spiro atoms. The molecule has 0 radical (unpaired) electrons. The summed E-state index contributed by atoms with van der Waals surface area (Å²) in [7, 11) is 0. The van der Waals surface area contributed by atoms with Crippen molar-refractivity contribution in [2.45, 2.75) is 0 Å².